The van der Waals surface area contributed by atoms with E-state index in [0.29, 0.717) is 11.1 Å². The summed E-state index contributed by atoms with van der Waals surface area (Å²) < 4.78 is 0. The van der Waals surface area contributed by atoms with Gasteiger partial charge in [0.1, 0.15) is 11.7 Å². The molecule has 2 bridgehead atoms. The third-order valence-corrected chi connectivity index (χ3v) is 6.56. The van der Waals surface area contributed by atoms with E-state index < -0.39 is 23.2 Å². The number of aliphatic hydroxyl groups is 4. The molecule has 20 heavy (non-hydrogen) atoms. The summed E-state index contributed by atoms with van der Waals surface area (Å²) in [6, 6.07) is 0. The Kier molecular flexibility index (Phi) is 2.67. The molecule has 4 aliphatic rings. The van der Waals surface area contributed by atoms with Crippen molar-refractivity contribution >= 4 is 0 Å². The minimum absolute atomic E-state index is 0.0436. The molecular formula is C16H24O4. The van der Waals surface area contributed by atoms with Crippen LogP contribution in [0.2, 0.25) is 0 Å². The Morgan fingerprint density at radius 1 is 1.25 bits per heavy atom. The molecule has 0 aromatic heterocycles. The van der Waals surface area contributed by atoms with Crippen LogP contribution in [0.3, 0.4) is 0 Å². The maximum Gasteiger partial charge on any atom is 0.104 e. The van der Waals surface area contributed by atoms with E-state index in [1.807, 2.05) is 20.8 Å². The second-order valence-corrected chi connectivity index (χ2v) is 7.18. The summed E-state index contributed by atoms with van der Waals surface area (Å²) in [5, 5.41) is 42.3. The molecule has 0 heterocycles. The molecule has 0 aromatic rings. The fraction of sp³-hybridized carbons (Fsp3) is 0.750. The molecule has 1 saturated carbocycles. The molecule has 1 spiro atoms. The van der Waals surface area contributed by atoms with Crippen molar-refractivity contribution in [3.8, 4) is 0 Å². The summed E-state index contributed by atoms with van der Waals surface area (Å²) in [7, 11) is 0. The van der Waals surface area contributed by atoms with Crippen LogP contribution in [0.25, 0.3) is 0 Å². The van der Waals surface area contributed by atoms with Gasteiger partial charge < -0.3 is 20.4 Å². The van der Waals surface area contributed by atoms with Gasteiger partial charge in [0.15, 0.2) is 0 Å². The second kappa shape index (κ2) is 3.74. The minimum atomic E-state index is -1.24. The zero-order valence-electron chi connectivity index (χ0n) is 12.5. The van der Waals surface area contributed by atoms with Gasteiger partial charge in [0.2, 0.25) is 0 Å². The largest absolute Gasteiger partial charge is 0.392 e. The highest BCUT2D eigenvalue weighted by Crippen LogP contribution is 2.78. The molecule has 0 radical (unpaired) electrons. The van der Waals surface area contributed by atoms with Crippen molar-refractivity contribution < 1.29 is 20.4 Å². The Morgan fingerprint density at radius 3 is 2.35 bits per heavy atom. The highest BCUT2D eigenvalue weighted by Gasteiger charge is 2.82. The second-order valence-electron chi connectivity index (χ2n) is 7.18. The monoisotopic (exact) mass is 280 g/mol. The van der Waals surface area contributed by atoms with Crippen molar-refractivity contribution in [3.63, 3.8) is 0 Å². The number of fused-ring (bicyclic) bond motifs is 1. The van der Waals surface area contributed by atoms with Crippen LogP contribution in [0.15, 0.2) is 22.8 Å². The molecule has 0 aromatic carbocycles. The normalized spacial score (nSPS) is 49.4. The molecule has 0 aliphatic heterocycles. The van der Waals surface area contributed by atoms with Crippen LogP contribution < -0.4 is 0 Å². The van der Waals surface area contributed by atoms with E-state index in [0.717, 1.165) is 12.0 Å². The first-order valence-electron chi connectivity index (χ1n) is 7.25. The highest BCUT2D eigenvalue weighted by molar-refractivity contribution is 5.53. The van der Waals surface area contributed by atoms with E-state index in [9.17, 15) is 20.4 Å². The predicted molar refractivity (Wildman–Crippen MR) is 74.8 cm³/mol. The summed E-state index contributed by atoms with van der Waals surface area (Å²) in [6.07, 6.45) is 0.692. The summed E-state index contributed by atoms with van der Waals surface area (Å²) in [4.78, 5) is 0. The van der Waals surface area contributed by atoms with Crippen LogP contribution in [-0.2, 0) is 0 Å². The maximum absolute atomic E-state index is 11.4. The van der Waals surface area contributed by atoms with E-state index in [2.05, 4.69) is 6.08 Å². The predicted octanol–water partition coefficient (Wildman–Crippen LogP) is 0.754. The zero-order valence-corrected chi connectivity index (χ0v) is 12.5. The van der Waals surface area contributed by atoms with Crippen molar-refractivity contribution in [1.82, 2.24) is 0 Å². The molecular weight excluding hydrogens is 256 g/mol. The average molecular weight is 280 g/mol. The van der Waals surface area contributed by atoms with Crippen LogP contribution in [0, 0.1) is 16.7 Å². The fourth-order valence-corrected chi connectivity index (χ4v) is 5.70. The van der Waals surface area contributed by atoms with E-state index in [1.165, 1.54) is 0 Å². The lowest BCUT2D eigenvalue weighted by Gasteiger charge is -2.78. The van der Waals surface area contributed by atoms with Gasteiger partial charge in [0.25, 0.3) is 0 Å². The lowest BCUT2D eigenvalue weighted by Crippen LogP contribution is -2.84. The van der Waals surface area contributed by atoms with Crippen molar-refractivity contribution in [2.45, 2.75) is 51.9 Å². The van der Waals surface area contributed by atoms with Crippen molar-refractivity contribution in [2.24, 2.45) is 16.7 Å². The first-order valence-corrected chi connectivity index (χ1v) is 7.25. The molecule has 1 fully saturated rings. The Balaban J connectivity index is 2.34. The van der Waals surface area contributed by atoms with Crippen molar-refractivity contribution in [2.75, 3.05) is 6.61 Å². The molecule has 0 saturated heterocycles. The van der Waals surface area contributed by atoms with Gasteiger partial charge in [-0.15, -0.1) is 0 Å². The zero-order chi connectivity index (χ0) is 15.1. The van der Waals surface area contributed by atoms with Gasteiger partial charge in [0, 0.05) is 5.92 Å². The van der Waals surface area contributed by atoms with Crippen LogP contribution in [0.1, 0.15) is 34.1 Å². The minimum Gasteiger partial charge on any atom is -0.392 e. The van der Waals surface area contributed by atoms with Crippen molar-refractivity contribution in [3.05, 3.63) is 22.8 Å². The standard InChI is InChI=1S/C16H24O4/c1-8-5-6-11-14(3,4)15(8)13(19)12(18)9(2)10(7-17)16(11,15)20/h5,11-13,17-20H,6-7H2,1-4H3/t11-,12+,13-,15-,16-/m1/s1. The van der Waals surface area contributed by atoms with Crippen LogP contribution in [-0.4, -0.2) is 44.8 Å². The third-order valence-electron chi connectivity index (χ3n) is 6.56. The molecule has 0 unspecified atom stereocenters. The molecule has 4 nitrogen and oxygen atoms in total. The summed E-state index contributed by atoms with van der Waals surface area (Å²) in [5.41, 5.74) is -0.549. The Hall–Kier alpha value is -0.680. The topological polar surface area (TPSA) is 80.9 Å². The molecule has 4 aliphatic carbocycles. The van der Waals surface area contributed by atoms with Gasteiger partial charge in [0.05, 0.1) is 18.1 Å². The lowest BCUT2D eigenvalue weighted by atomic mass is 9.27. The first kappa shape index (κ1) is 14.3. The van der Waals surface area contributed by atoms with Crippen LogP contribution in [0.4, 0.5) is 0 Å². The number of rotatable bonds is 1. The van der Waals surface area contributed by atoms with E-state index >= 15 is 0 Å². The molecule has 4 heteroatoms. The lowest BCUT2D eigenvalue weighted by molar-refractivity contribution is -0.325. The summed E-state index contributed by atoms with van der Waals surface area (Å²) in [5.74, 6) is -0.0436. The number of allylic oxidation sites excluding steroid dienone is 1. The van der Waals surface area contributed by atoms with E-state index in [4.69, 9.17) is 0 Å². The fourth-order valence-electron chi connectivity index (χ4n) is 5.70. The van der Waals surface area contributed by atoms with Gasteiger partial charge in [-0.2, -0.15) is 0 Å². The number of hydrogen-bond acceptors (Lipinski definition) is 4. The molecule has 0 amide bonds. The van der Waals surface area contributed by atoms with E-state index in [-0.39, 0.29) is 17.9 Å². The van der Waals surface area contributed by atoms with Gasteiger partial charge in [-0.25, -0.2) is 0 Å². The molecule has 5 atom stereocenters. The smallest absolute Gasteiger partial charge is 0.104 e. The quantitative estimate of drug-likeness (QED) is 0.534. The first-order chi connectivity index (χ1) is 9.18. The third kappa shape index (κ3) is 1.05. The van der Waals surface area contributed by atoms with Gasteiger partial charge >= 0.3 is 0 Å². The Labute approximate surface area is 119 Å². The highest BCUT2D eigenvalue weighted by atomic mass is 16.3. The summed E-state index contributed by atoms with van der Waals surface area (Å²) >= 11 is 0. The molecule has 4 rings (SSSR count). The Bertz CT molecular complexity index is 533. The number of hydrogen-bond donors (Lipinski definition) is 4. The van der Waals surface area contributed by atoms with E-state index in [1.54, 1.807) is 6.92 Å². The van der Waals surface area contributed by atoms with Gasteiger partial charge in [-0.3, -0.25) is 0 Å². The maximum atomic E-state index is 11.4. The molecule has 112 valence electrons. The number of aliphatic hydroxyl groups excluding tert-OH is 3. The van der Waals surface area contributed by atoms with Gasteiger partial charge in [-0.1, -0.05) is 25.5 Å². The van der Waals surface area contributed by atoms with Crippen LogP contribution >= 0.6 is 0 Å². The van der Waals surface area contributed by atoms with Crippen molar-refractivity contribution in [1.29, 1.82) is 0 Å². The SMILES string of the molecule is CC1=CC[C@@H]2C(C)(C)[C@]13[C@H](O)[C@@H](O)C(C)=C(CO)[C@@]23O. The Morgan fingerprint density at radius 2 is 1.85 bits per heavy atom. The average Bonchev–Trinajstić information content (AvgIpc) is 2.36. The van der Waals surface area contributed by atoms with Gasteiger partial charge in [-0.05, 0) is 36.8 Å². The van der Waals surface area contributed by atoms with Crippen LogP contribution in [0.5, 0.6) is 0 Å². The molecule has 4 N–H and O–H groups in total. The summed E-state index contributed by atoms with van der Waals surface area (Å²) in [6.45, 7) is 7.38.